The molecule has 5 heteroatoms. The van der Waals surface area contributed by atoms with Crippen LogP contribution in [0.4, 0.5) is 0 Å². The minimum Gasteiger partial charge on any atom is -0.457 e. The fourth-order valence-electron chi connectivity index (χ4n) is 3.45. The lowest BCUT2D eigenvalue weighted by Gasteiger charge is -2.09. The Morgan fingerprint density at radius 2 is 2.00 bits per heavy atom. The van der Waals surface area contributed by atoms with E-state index in [0.29, 0.717) is 16.0 Å². The van der Waals surface area contributed by atoms with Gasteiger partial charge >= 0.3 is 11.6 Å². The van der Waals surface area contributed by atoms with Crippen molar-refractivity contribution >= 4 is 28.3 Å². The molecular weight excluding hydrogens is 348 g/mol. The van der Waals surface area contributed by atoms with E-state index < -0.39 is 5.63 Å². The Balaban J connectivity index is 1.60. The number of aryl methyl sites for hydroxylation is 4. The van der Waals surface area contributed by atoms with E-state index in [1.807, 2.05) is 32.0 Å². The maximum absolute atomic E-state index is 12.5. The van der Waals surface area contributed by atoms with E-state index in [0.717, 1.165) is 29.4 Å². The van der Waals surface area contributed by atoms with Crippen LogP contribution in [0.2, 0.25) is 0 Å². The first-order valence-corrected chi connectivity index (χ1v) is 9.66. The van der Waals surface area contributed by atoms with Gasteiger partial charge in [0.15, 0.2) is 0 Å². The zero-order valence-electron chi connectivity index (χ0n) is 14.9. The highest BCUT2D eigenvalue weighted by Crippen LogP contribution is 2.30. The molecule has 26 heavy (non-hydrogen) atoms. The first kappa shape index (κ1) is 17.0. The third-order valence-electron chi connectivity index (χ3n) is 5.07. The monoisotopic (exact) mass is 368 g/mol. The molecule has 0 spiro atoms. The SMILES string of the molecule is Cc1ccc2c(COC(=O)c3cc4c(s3)CCCC4)cc(=O)oc2c1C. The van der Waals surface area contributed by atoms with Gasteiger partial charge in [-0.15, -0.1) is 11.3 Å². The highest BCUT2D eigenvalue weighted by atomic mass is 32.1. The molecule has 0 unspecified atom stereocenters. The summed E-state index contributed by atoms with van der Waals surface area (Å²) in [5.41, 5.74) is 4.08. The second-order valence-corrected chi connectivity index (χ2v) is 7.95. The molecule has 4 rings (SSSR count). The number of fused-ring (bicyclic) bond motifs is 2. The van der Waals surface area contributed by atoms with Crippen molar-refractivity contribution in [2.24, 2.45) is 0 Å². The molecule has 0 bridgehead atoms. The molecule has 4 nitrogen and oxygen atoms in total. The minimum absolute atomic E-state index is 0.0615. The summed E-state index contributed by atoms with van der Waals surface area (Å²) in [6.07, 6.45) is 4.47. The Kier molecular flexibility index (Phi) is 4.41. The Labute approximate surface area is 155 Å². The zero-order chi connectivity index (χ0) is 18.3. The van der Waals surface area contributed by atoms with E-state index in [1.54, 1.807) is 0 Å². The summed E-state index contributed by atoms with van der Waals surface area (Å²) in [6, 6.07) is 7.26. The molecule has 3 aromatic rings. The van der Waals surface area contributed by atoms with Crippen molar-refractivity contribution in [1.82, 2.24) is 0 Å². The second-order valence-electron chi connectivity index (χ2n) is 6.82. The lowest BCUT2D eigenvalue weighted by atomic mass is 9.99. The molecule has 0 fully saturated rings. The molecule has 0 N–H and O–H groups in total. The molecule has 0 atom stereocenters. The van der Waals surface area contributed by atoms with Crippen LogP contribution in [0.25, 0.3) is 11.0 Å². The van der Waals surface area contributed by atoms with Crippen LogP contribution in [-0.2, 0) is 24.2 Å². The van der Waals surface area contributed by atoms with Gasteiger partial charge in [0.1, 0.15) is 17.1 Å². The Bertz CT molecular complexity index is 1030. The molecule has 0 saturated heterocycles. The highest BCUT2D eigenvalue weighted by Gasteiger charge is 2.19. The van der Waals surface area contributed by atoms with Gasteiger partial charge in [-0.3, -0.25) is 0 Å². The average Bonchev–Trinajstić information content (AvgIpc) is 3.07. The lowest BCUT2D eigenvalue weighted by Crippen LogP contribution is -2.07. The first-order valence-electron chi connectivity index (χ1n) is 8.84. The quantitative estimate of drug-likeness (QED) is 0.496. The topological polar surface area (TPSA) is 56.5 Å². The van der Waals surface area contributed by atoms with Gasteiger partial charge in [-0.1, -0.05) is 12.1 Å². The number of hydrogen-bond acceptors (Lipinski definition) is 5. The summed E-state index contributed by atoms with van der Waals surface area (Å²) in [7, 11) is 0. The molecule has 0 saturated carbocycles. The van der Waals surface area contributed by atoms with Crippen molar-refractivity contribution in [3.63, 3.8) is 0 Å². The van der Waals surface area contributed by atoms with Gasteiger partial charge < -0.3 is 9.15 Å². The normalized spacial score (nSPS) is 13.6. The highest BCUT2D eigenvalue weighted by molar-refractivity contribution is 7.14. The Morgan fingerprint density at radius 3 is 2.81 bits per heavy atom. The van der Waals surface area contributed by atoms with Crippen molar-refractivity contribution in [2.75, 3.05) is 0 Å². The second kappa shape index (κ2) is 6.72. The van der Waals surface area contributed by atoms with E-state index in [4.69, 9.17) is 9.15 Å². The van der Waals surface area contributed by atoms with E-state index in [2.05, 4.69) is 0 Å². The molecule has 2 heterocycles. The van der Waals surface area contributed by atoms with E-state index in [9.17, 15) is 9.59 Å². The molecule has 0 radical (unpaired) electrons. The van der Waals surface area contributed by atoms with Gasteiger partial charge in [0.2, 0.25) is 0 Å². The summed E-state index contributed by atoms with van der Waals surface area (Å²) in [6.45, 7) is 3.96. The number of thiophene rings is 1. The third-order valence-corrected chi connectivity index (χ3v) is 6.29. The fourth-order valence-corrected chi connectivity index (χ4v) is 4.60. The van der Waals surface area contributed by atoms with Gasteiger partial charge in [0.25, 0.3) is 0 Å². The number of esters is 1. The standard InChI is InChI=1S/C21H20O4S/c1-12-7-8-16-15(10-19(22)25-20(16)13(12)2)11-24-21(23)18-9-14-5-3-4-6-17(14)26-18/h7-10H,3-6,11H2,1-2H3. The Hall–Kier alpha value is -2.40. The molecule has 0 aliphatic heterocycles. The van der Waals surface area contributed by atoms with Crippen LogP contribution in [0.5, 0.6) is 0 Å². The van der Waals surface area contributed by atoms with Crippen molar-refractivity contribution in [3.05, 3.63) is 66.7 Å². The van der Waals surface area contributed by atoms with Crippen LogP contribution in [0.1, 0.15) is 49.6 Å². The van der Waals surface area contributed by atoms with Crippen LogP contribution in [0, 0.1) is 13.8 Å². The van der Waals surface area contributed by atoms with Gasteiger partial charge in [-0.05, 0) is 62.3 Å². The van der Waals surface area contributed by atoms with Crippen LogP contribution in [0.3, 0.4) is 0 Å². The van der Waals surface area contributed by atoms with Crippen LogP contribution >= 0.6 is 11.3 Å². The molecule has 1 aromatic carbocycles. The van der Waals surface area contributed by atoms with Crippen LogP contribution in [-0.4, -0.2) is 5.97 Å². The van der Waals surface area contributed by atoms with Gasteiger partial charge in [0, 0.05) is 21.9 Å². The van der Waals surface area contributed by atoms with Gasteiger partial charge in [0.05, 0.1) is 0 Å². The minimum atomic E-state index is -0.427. The predicted octanol–water partition coefficient (Wildman–Crippen LogP) is 4.71. The number of ether oxygens (including phenoxy) is 1. The van der Waals surface area contributed by atoms with Crippen molar-refractivity contribution in [1.29, 1.82) is 0 Å². The summed E-state index contributed by atoms with van der Waals surface area (Å²) in [5.74, 6) is -0.324. The molecule has 1 aliphatic carbocycles. The largest absolute Gasteiger partial charge is 0.457 e. The molecule has 2 aromatic heterocycles. The molecule has 134 valence electrons. The van der Waals surface area contributed by atoms with Gasteiger partial charge in [-0.2, -0.15) is 0 Å². The maximum atomic E-state index is 12.5. The number of hydrogen-bond donors (Lipinski definition) is 0. The number of carbonyl (C=O) groups is 1. The summed E-state index contributed by atoms with van der Waals surface area (Å²) < 4.78 is 10.9. The van der Waals surface area contributed by atoms with Crippen molar-refractivity contribution in [2.45, 2.75) is 46.1 Å². The summed E-state index contributed by atoms with van der Waals surface area (Å²) in [5, 5.41) is 0.811. The molecule has 1 aliphatic rings. The van der Waals surface area contributed by atoms with E-state index in [1.165, 1.54) is 40.7 Å². The summed E-state index contributed by atoms with van der Waals surface area (Å²) in [4.78, 5) is 26.3. The van der Waals surface area contributed by atoms with Crippen molar-refractivity contribution < 1.29 is 13.9 Å². The van der Waals surface area contributed by atoms with E-state index in [-0.39, 0.29) is 12.6 Å². The first-order chi connectivity index (χ1) is 12.5. The number of benzene rings is 1. The molecular formula is C21H20O4S. The smallest absolute Gasteiger partial charge is 0.348 e. The average molecular weight is 368 g/mol. The number of rotatable bonds is 3. The fraction of sp³-hybridized carbons (Fsp3) is 0.333. The Morgan fingerprint density at radius 1 is 1.19 bits per heavy atom. The third kappa shape index (κ3) is 3.07. The molecule has 0 amide bonds. The van der Waals surface area contributed by atoms with E-state index >= 15 is 0 Å². The lowest BCUT2D eigenvalue weighted by molar-refractivity contribution is 0.0479. The summed E-state index contributed by atoms with van der Waals surface area (Å²) >= 11 is 1.53. The maximum Gasteiger partial charge on any atom is 0.348 e. The van der Waals surface area contributed by atoms with Crippen molar-refractivity contribution in [3.8, 4) is 0 Å². The number of carbonyl (C=O) groups excluding carboxylic acids is 1. The van der Waals surface area contributed by atoms with Crippen LogP contribution in [0.15, 0.2) is 33.5 Å². The predicted molar refractivity (Wildman–Crippen MR) is 102 cm³/mol. The zero-order valence-corrected chi connectivity index (χ0v) is 15.7. The van der Waals surface area contributed by atoms with Crippen LogP contribution < -0.4 is 5.63 Å². The van der Waals surface area contributed by atoms with Gasteiger partial charge in [-0.25, -0.2) is 9.59 Å².